The molecule has 16 nitrogen and oxygen atoms in total. The molecule has 1 aliphatic heterocycles. The molecule has 2 saturated carbocycles. The fraction of sp³-hybridized carbons (Fsp3) is 0.698. The van der Waals surface area contributed by atoms with Crippen LogP contribution >= 0.6 is 0 Å². The summed E-state index contributed by atoms with van der Waals surface area (Å²) in [4.78, 5) is 86.4. The number of carbonyl (C=O) groups is 6. The Morgan fingerprint density at radius 2 is 1.51 bits per heavy atom. The third-order valence-corrected chi connectivity index (χ3v) is 21.6. The van der Waals surface area contributed by atoms with E-state index in [1.807, 2.05) is 13.8 Å². The number of carbonyl (C=O) groups excluding carboxylic acids is 6. The van der Waals surface area contributed by atoms with Gasteiger partial charge in [-0.1, -0.05) is 92.2 Å². The molecule has 1 amide bonds. The maximum absolute atomic E-state index is 15.9. The maximum atomic E-state index is 15.9. The Morgan fingerprint density at radius 1 is 0.929 bits per heavy atom. The van der Waals surface area contributed by atoms with Crippen molar-refractivity contribution in [1.29, 1.82) is 0 Å². The first-order valence-corrected chi connectivity index (χ1v) is 26.9. The monoisotopic (exact) mass is 998 g/mol. The van der Waals surface area contributed by atoms with Gasteiger partial charge in [0.25, 0.3) is 0 Å². The predicted octanol–water partition coefficient (Wildman–Crippen LogP) is 8.01. The first kappa shape index (κ1) is 56.5. The number of Topliss-reactive ketones (excluding diaryl/α,β-unsaturated/α-hetero) is 1. The quantitative estimate of drug-likeness (QED) is 0.0656. The van der Waals surface area contributed by atoms with Gasteiger partial charge in [0.1, 0.15) is 29.5 Å². The number of allylic oxidation sites excluding steroid dienone is 1. The summed E-state index contributed by atoms with van der Waals surface area (Å²) in [5, 5.41) is 29.2. The third kappa shape index (κ3) is 10.2. The zero-order chi connectivity index (χ0) is 52.9. The first-order valence-electron chi connectivity index (χ1n) is 24.7. The number of hydrogen-bond donors (Lipinski definition) is 3. The van der Waals surface area contributed by atoms with Gasteiger partial charge in [0.2, 0.25) is 8.32 Å². The van der Waals surface area contributed by atoms with Gasteiger partial charge in [-0.2, -0.15) is 0 Å². The third-order valence-electron chi connectivity index (χ3n) is 15.5. The standard InChI is InChI=1S/C53H79NO15Si/c1-18-39(57)65-42-40-32(10)36(64-47(60)41(69-70(29(4)5,30(6)7)31(8)9)35(24-28(2)3)54-48(61)68-49(12,13)14)26-53(62,50(40,15)16)45(66-46(59)34-22-20-19-21-23-34)43-51(17,44(42)58)37(56)25-38-52(43,27-63-38)67-33(11)55/h19-24,29-31,35-38,41-43,45,56,62H,18,25-27H2,1-17H3,(H,54,61)/t35-,36-,37-,38+,41+,42+,43-,45-,51+,52-,53+/m0/s1. The summed E-state index contributed by atoms with van der Waals surface area (Å²) in [6.45, 7) is 29.8. The van der Waals surface area contributed by atoms with Crippen LogP contribution in [0.2, 0.25) is 16.6 Å². The summed E-state index contributed by atoms with van der Waals surface area (Å²) in [7, 11) is -3.01. The summed E-state index contributed by atoms with van der Waals surface area (Å²) < 4.78 is 44.4. The minimum absolute atomic E-state index is 0.0348. The Labute approximate surface area is 415 Å². The van der Waals surface area contributed by atoms with Gasteiger partial charge < -0.3 is 48.4 Å². The van der Waals surface area contributed by atoms with Gasteiger partial charge in [-0.25, -0.2) is 14.4 Å². The molecule has 3 aliphatic carbocycles. The SMILES string of the molecule is CCC(=O)O[C@H]1C(=O)[C@@]2(C)[C@H]([C@H](OC(=O)c3ccccc3)[C@]3(O)C[C@H](OC(=O)[C@H](O[Si](C(C)C)(C(C)C)C(C)C)[C@H](C=C(C)C)NC(=O)OC(C)(C)C)C(C)=C1C3(C)C)[C@]1(OC(C)=O)CO[C@@H]1C[C@@H]2O. The summed E-state index contributed by atoms with van der Waals surface area (Å²) in [5.74, 6) is -5.72. The Bertz CT molecular complexity index is 2200. The highest BCUT2D eigenvalue weighted by molar-refractivity contribution is 6.77. The van der Waals surface area contributed by atoms with Gasteiger partial charge in [-0.3, -0.25) is 14.4 Å². The number of amides is 1. The molecule has 11 atom stereocenters. The van der Waals surface area contributed by atoms with Gasteiger partial charge in [-0.05, 0) is 88.4 Å². The van der Waals surface area contributed by atoms with Crippen LogP contribution in [0.5, 0.6) is 0 Å². The number of benzene rings is 1. The van der Waals surface area contributed by atoms with E-state index in [-0.39, 0.29) is 52.8 Å². The lowest BCUT2D eigenvalue weighted by molar-refractivity contribution is -0.346. The number of fused-ring (bicyclic) bond motifs is 5. The van der Waals surface area contributed by atoms with Gasteiger partial charge >= 0.3 is 30.0 Å². The van der Waals surface area contributed by atoms with Crippen molar-refractivity contribution in [1.82, 2.24) is 5.32 Å². The molecule has 17 heteroatoms. The van der Waals surface area contributed by atoms with Crippen molar-refractivity contribution in [2.75, 3.05) is 6.61 Å². The molecule has 0 spiro atoms. The van der Waals surface area contributed by atoms with Gasteiger partial charge in [0.15, 0.2) is 23.6 Å². The van der Waals surface area contributed by atoms with E-state index in [0.717, 1.165) is 5.57 Å². The van der Waals surface area contributed by atoms with Gasteiger partial charge in [-0.15, -0.1) is 0 Å². The summed E-state index contributed by atoms with van der Waals surface area (Å²) in [6, 6.07) is 6.85. The molecule has 2 bridgehead atoms. The zero-order valence-electron chi connectivity index (χ0n) is 44.3. The van der Waals surface area contributed by atoms with Crippen molar-refractivity contribution in [3.63, 3.8) is 0 Å². The van der Waals surface area contributed by atoms with Crippen LogP contribution in [0.3, 0.4) is 0 Å². The van der Waals surface area contributed by atoms with Crippen LogP contribution in [0, 0.1) is 16.7 Å². The van der Waals surface area contributed by atoms with Crippen LogP contribution in [0.1, 0.15) is 147 Å². The Hall–Kier alpha value is -4.42. The second-order valence-corrected chi connectivity index (χ2v) is 28.1. The average Bonchev–Trinajstić information content (AvgIpc) is 3.23. The van der Waals surface area contributed by atoms with Crippen molar-refractivity contribution < 1.29 is 71.8 Å². The fourth-order valence-corrected chi connectivity index (χ4v) is 17.7. The summed E-state index contributed by atoms with van der Waals surface area (Å²) >= 11 is 0. The minimum Gasteiger partial charge on any atom is -0.456 e. The number of ether oxygens (including phenoxy) is 6. The zero-order valence-corrected chi connectivity index (χ0v) is 45.3. The average molecular weight is 998 g/mol. The van der Waals surface area contributed by atoms with Crippen molar-refractivity contribution >= 4 is 44.1 Å². The van der Waals surface area contributed by atoms with Crippen molar-refractivity contribution in [2.45, 2.75) is 213 Å². The summed E-state index contributed by atoms with van der Waals surface area (Å²) in [5.41, 5.74) is -7.69. The topological polar surface area (TPSA) is 220 Å². The number of hydrogen-bond acceptors (Lipinski definition) is 15. The highest BCUT2D eigenvalue weighted by Crippen LogP contribution is 2.64. The van der Waals surface area contributed by atoms with E-state index in [2.05, 4.69) is 46.9 Å². The number of aliphatic hydroxyl groups is 2. The molecular weight excluding hydrogens is 919 g/mol. The molecule has 3 fully saturated rings. The molecule has 1 aromatic rings. The van der Waals surface area contributed by atoms with E-state index < -0.39 is 127 Å². The number of ketones is 1. The highest BCUT2D eigenvalue weighted by atomic mass is 28.4. The lowest BCUT2D eigenvalue weighted by atomic mass is 9.44. The molecule has 0 aromatic heterocycles. The molecule has 1 aromatic carbocycles. The Balaban J connectivity index is 1.83. The van der Waals surface area contributed by atoms with Crippen LogP contribution in [-0.4, -0.2) is 120 Å². The van der Waals surface area contributed by atoms with Crippen LogP contribution in [0.4, 0.5) is 4.79 Å². The van der Waals surface area contributed by atoms with Crippen LogP contribution in [0.15, 0.2) is 53.1 Å². The van der Waals surface area contributed by atoms with E-state index in [4.69, 9.17) is 32.8 Å². The smallest absolute Gasteiger partial charge is 0.408 e. The van der Waals surface area contributed by atoms with Crippen molar-refractivity contribution in [3.05, 3.63) is 58.7 Å². The number of rotatable bonds is 15. The maximum Gasteiger partial charge on any atom is 0.408 e. The predicted molar refractivity (Wildman–Crippen MR) is 262 cm³/mol. The molecule has 0 unspecified atom stereocenters. The molecule has 4 aliphatic rings. The lowest BCUT2D eigenvalue weighted by Crippen LogP contribution is -2.82. The molecule has 5 rings (SSSR count). The van der Waals surface area contributed by atoms with Gasteiger partial charge in [0, 0.05) is 31.6 Å². The van der Waals surface area contributed by atoms with E-state index in [9.17, 15) is 29.4 Å². The highest BCUT2D eigenvalue weighted by Gasteiger charge is 2.78. The second kappa shape index (κ2) is 20.6. The molecule has 0 radical (unpaired) electrons. The largest absolute Gasteiger partial charge is 0.456 e. The Kier molecular flexibility index (Phi) is 16.6. The normalized spacial score (nSPS) is 30.3. The van der Waals surface area contributed by atoms with Crippen LogP contribution < -0.4 is 5.32 Å². The second-order valence-electron chi connectivity index (χ2n) is 22.7. The van der Waals surface area contributed by atoms with E-state index in [0.29, 0.717) is 0 Å². The van der Waals surface area contributed by atoms with Crippen LogP contribution in [0.25, 0.3) is 0 Å². The molecule has 1 heterocycles. The number of alkyl carbamates (subject to hydrolysis) is 1. The molecule has 70 heavy (non-hydrogen) atoms. The minimum atomic E-state index is -3.01. The first-order chi connectivity index (χ1) is 32.3. The number of nitrogens with one attached hydrogen (secondary N) is 1. The van der Waals surface area contributed by atoms with E-state index >= 15 is 9.59 Å². The molecule has 1 saturated heterocycles. The Morgan fingerprint density at radius 3 is 2.00 bits per heavy atom. The van der Waals surface area contributed by atoms with Crippen molar-refractivity contribution in [3.8, 4) is 0 Å². The van der Waals surface area contributed by atoms with Crippen LogP contribution in [-0.2, 0) is 52.0 Å². The molecule has 3 N–H and O–H groups in total. The van der Waals surface area contributed by atoms with Gasteiger partial charge in [0.05, 0.1) is 35.6 Å². The van der Waals surface area contributed by atoms with Crippen molar-refractivity contribution in [2.24, 2.45) is 16.7 Å². The molecular formula is C53H79NO15Si. The summed E-state index contributed by atoms with van der Waals surface area (Å²) in [6.07, 6.45) is -9.05. The number of esters is 4. The lowest BCUT2D eigenvalue weighted by Gasteiger charge is -2.67. The number of aliphatic hydroxyl groups excluding tert-OH is 1. The fourth-order valence-electron chi connectivity index (χ4n) is 12.2. The van der Waals surface area contributed by atoms with E-state index in [1.165, 1.54) is 26.0 Å². The molecule has 390 valence electrons. The van der Waals surface area contributed by atoms with E-state index in [1.54, 1.807) is 72.7 Å².